The lowest BCUT2D eigenvalue weighted by Gasteiger charge is -2.22. The minimum atomic E-state index is -0.376. The van der Waals surface area contributed by atoms with Crippen LogP contribution in [0.3, 0.4) is 0 Å². The highest BCUT2D eigenvalue weighted by molar-refractivity contribution is 5.81. The van der Waals surface area contributed by atoms with Gasteiger partial charge in [-0.05, 0) is 36.5 Å². The lowest BCUT2D eigenvalue weighted by Crippen LogP contribution is -2.48. The number of hydrogen-bond acceptors (Lipinski definition) is 6. The van der Waals surface area contributed by atoms with E-state index in [1.165, 1.54) is 0 Å². The standard InChI is InChI=1S/C20H34N2O5/c1-14(2)11-16(22-13-19(26-5)27-6)20(23)21-10-9-15-7-8-17(24-3)18(12-15)25-4/h7-8,12,14,16,19,22H,9-11,13H2,1-6H3,(H,21,23). The summed E-state index contributed by atoms with van der Waals surface area (Å²) < 4.78 is 20.9. The molecule has 154 valence electrons. The van der Waals surface area contributed by atoms with Gasteiger partial charge >= 0.3 is 0 Å². The van der Waals surface area contributed by atoms with Crippen LogP contribution >= 0.6 is 0 Å². The first-order valence-corrected chi connectivity index (χ1v) is 9.22. The SMILES string of the molecule is COc1ccc(CCNC(=O)C(CC(C)C)NCC(OC)OC)cc1OC. The summed E-state index contributed by atoms with van der Waals surface area (Å²) in [7, 11) is 6.38. The van der Waals surface area contributed by atoms with Crippen molar-refractivity contribution in [2.45, 2.75) is 39.0 Å². The molecule has 0 aliphatic rings. The first-order valence-electron chi connectivity index (χ1n) is 9.22. The zero-order chi connectivity index (χ0) is 20.2. The fraction of sp³-hybridized carbons (Fsp3) is 0.650. The van der Waals surface area contributed by atoms with Crippen molar-refractivity contribution in [3.63, 3.8) is 0 Å². The summed E-state index contributed by atoms with van der Waals surface area (Å²) in [5, 5.41) is 6.24. The van der Waals surface area contributed by atoms with Crippen LogP contribution in [0, 0.1) is 5.92 Å². The van der Waals surface area contributed by atoms with Crippen LogP contribution < -0.4 is 20.1 Å². The van der Waals surface area contributed by atoms with Gasteiger partial charge in [0.2, 0.25) is 5.91 Å². The summed E-state index contributed by atoms with van der Waals surface area (Å²) >= 11 is 0. The van der Waals surface area contributed by atoms with Crippen LogP contribution in [0.25, 0.3) is 0 Å². The number of nitrogens with one attached hydrogen (secondary N) is 2. The molecule has 0 aliphatic carbocycles. The molecule has 1 unspecified atom stereocenters. The van der Waals surface area contributed by atoms with Gasteiger partial charge in [-0.3, -0.25) is 4.79 Å². The molecule has 7 nitrogen and oxygen atoms in total. The average molecular weight is 383 g/mol. The lowest BCUT2D eigenvalue weighted by atomic mass is 10.0. The van der Waals surface area contributed by atoms with Crippen molar-refractivity contribution < 1.29 is 23.7 Å². The van der Waals surface area contributed by atoms with E-state index in [0.717, 1.165) is 12.0 Å². The van der Waals surface area contributed by atoms with Gasteiger partial charge in [0.15, 0.2) is 17.8 Å². The van der Waals surface area contributed by atoms with E-state index < -0.39 is 0 Å². The number of rotatable bonds is 13. The molecule has 1 rings (SSSR count). The Kier molecular flexibility index (Phi) is 10.8. The summed E-state index contributed by atoms with van der Waals surface area (Å²) in [4.78, 5) is 12.6. The Labute approximate surface area is 162 Å². The largest absolute Gasteiger partial charge is 0.493 e. The molecule has 7 heteroatoms. The van der Waals surface area contributed by atoms with Crippen molar-refractivity contribution >= 4 is 5.91 Å². The van der Waals surface area contributed by atoms with Gasteiger partial charge in [0.1, 0.15) is 0 Å². The molecule has 27 heavy (non-hydrogen) atoms. The first-order chi connectivity index (χ1) is 12.9. The molecule has 0 saturated heterocycles. The fourth-order valence-electron chi connectivity index (χ4n) is 2.75. The topological polar surface area (TPSA) is 78.1 Å². The predicted octanol–water partition coefficient (Wildman–Crippen LogP) is 1.99. The van der Waals surface area contributed by atoms with Crippen LogP contribution in [0.4, 0.5) is 0 Å². The van der Waals surface area contributed by atoms with Gasteiger partial charge < -0.3 is 29.6 Å². The smallest absolute Gasteiger partial charge is 0.237 e. The Morgan fingerprint density at radius 2 is 1.70 bits per heavy atom. The molecule has 1 amide bonds. The number of carbonyl (C=O) groups is 1. The Morgan fingerprint density at radius 3 is 2.26 bits per heavy atom. The molecule has 0 radical (unpaired) electrons. The summed E-state index contributed by atoms with van der Waals surface area (Å²) in [6.45, 7) is 5.18. The molecule has 1 aromatic carbocycles. The predicted molar refractivity (Wildman–Crippen MR) is 105 cm³/mol. The van der Waals surface area contributed by atoms with E-state index in [9.17, 15) is 4.79 Å². The highest BCUT2D eigenvalue weighted by Crippen LogP contribution is 2.27. The molecule has 0 aliphatic heterocycles. The third-order valence-electron chi connectivity index (χ3n) is 4.24. The zero-order valence-corrected chi connectivity index (χ0v) is 17.3. The number of hydrogen-bond donors (Lipinski definition) is 2. The normalized spacial score (nSPS) is 12.3. The van der Waals surface area contributed by atoms with E-state index >= 15 is 0 Å². The maximum Gasteiger partial charge on any atom is 0.237 e. The molecular formula is C20H34N2O5. The second-order valence-electron chi connectivity index (χ2n) is 6.72. The number of benzene rings is 1. The highest BCUT2D eigenvalue weighted by atomic mass is 16.7. The molecule has 0 fully saturated rings. The van der Waals surface area contributed by atoms with Gasteiger partial charge in [-0.25, -0.2) is 0 Å². The third kappa shape index (κ3) is 8.15. The van der Waals surface area contributed by atoms with Gasteiger partial charge in [0, 0.05) is 27.3 Å². The van der Waals surface area contributed by atoms with Crippen molar-refractivity contribution in [1.29, 1.82) is 0 Å². The van der Waals surface area contributed by atoms with E-state index in [1.54, 1.807) is 28.4 Å². The van der Waals surface area contributed by atoms with Crippen molar-refractivity contribution in [2.24, 2.45) is 5.92 Å². The number of methoxy groups -OCH3 is 4. The molecule has 0 heterocycles. The summed E-state index contributed by atoms with van der Waals surface area (Å²) in [5.41, 5.74) is 1.07. The molecule has 0 bridgehead atoms. The molecule has 1 aromatic rings. The van der Waals surface area contributed by atoms with Crippen molar-refractivity contribution in [3.05, 3.63) is 23.8 Å². The lowest BCUT2D eigenvalue weighted by molar-refractivity contribution is -0.125. The number of carbonyl (C=O) groups excluding carboxylic acids is 1. The van der Waals surface area contributed by atoms with E-state index in [2.05, 4.69) is 24.5 Å². The Balaban J connectivity index is 2.57. The molecule has 2 N–H and O–H groups in total. The second-order valence-corrected chi connectivity index (χ2v) is 6.72. The Hall–Kier alpha value is -1.83. The van der Waals surface area contributed by atoms with E-state index in [4.69, 9.17) is 18.9 Å². The Bertz CT molecular complexity index is 561. The fourth-order valence-corrected chi connectivity index (χ4v) is 2.75. The van der Waals surface area contributed by atoms with Crippen molar-refractivity contribution in [3.8, 4) is 11.5 Å². The second kappa shape index (κ2) is 12.5. The Morgan fingerprint density at radius 1 is 1.04 bits per heavy atom. The average Bonchev–Trinajstić information content (AvgIpc) is 2.67. The van der Waals surface area contributed by atoms with E-state index in [1.807, 2.05) is 18.2 Å². The number of amides is 1. The minimum Gasteiger partial charge on any atom is -0.493 e. The van der Waals surface area contributed by atoms with Crippen LogP contribution in [0.1, 0.15) is 25.8 Å². The van der Waals surface area contributed by atoms with Crippen LogP contribution in [0.2, 0.25) is 0 Å². The zero-order valence-electron chi connectivity index (χ0n) is 17.3. The minimum absolute atomic E-state index is 0.0184. The summed E-state index contributed by atoms with van der Waals surface area (Å²) in [5.74, 6) is 1.75. The molecule has 0 saturated carbocycles. The van der Waals surface area contributed by atoms with Gasteiger partial charge in [0.25, 0.3) is 0 Å². The maximum atomic E-state index is 12.6. The van der Waals surface area contributed by atoms with Crippen molar-refractivity contribution in [2.75, 3.05) is 41.5 Å². The molecule has 0 spiro atoms. The van der Waals surface area contributed by atoms with Crippen molar-refractivity contribution in [1.82, 2.24) is 10.6 Å². The van der Waals surface area contributed by atoms with Crippen LogP contribution in [0.5, 0.6) is 11.5 Å². The molecule has 0 aromatic heterocycles. The third-order valence-corrected chi connectivity index (χ3v) is 4.24. The van der Waals surface area contributed by atoms with Crippen LogP contribution in [-0.4, -0.2) is 59.8 Å². The molecule has 1 atom stereocenters. The van der Waals surface area contributed by atoms with Gasteiger partial charge in [-0.2, -0.15) is 0 Å². The van der Waals surface area contributed by atoms with Crippen LogP contribution in [0.15, 0.2) is 18.2 Å². The van der Waals surface area contributed by atoms with E-state index in [0.29, 0.717) is 36.9 Å². The van der Waals surface area contributed by atoms with Gasteiger partial charge in [-0.15, -0.1) is 0 Å². The highest BCUT2D eigenvalue weighted by Gasteiger charge is 2.20. The van der Waals surface area contributed by atoms with Crippen LogP contribution in [-0.2, 0) is 20.7 Å². The molecular weight excluding hydrogens is 348 g/mol. The monoisotopic (exact) mass is 382 g/mol. The summed E-state index contributed by atoms with van der Waals surface area (Å²) in [6, 6.07) is 5.48. The van der Waals surface area contributed by atoms with E-state index in [-0.39, 0.29) is 18.2 Å². The van der Waals surface area contributed by atoms with Gasteiger partial charge in [0.05, 0.1) is 20.3 Å². The first kappa shape index (κ1) is 23.2. The van der Waals surface area contributed by atoms with Gasteiger partial charge in [-0.1, -0.05) is 19.9 Å². The summed E-state index contributed by atoms with van der Waals surface area (Å²) in [6.07, 6.45) is 1.07. The maximum absolute atomic E-state index is 12.6. The number of ether oxygens (including phenoxy) is 4. The quantitative estimate of drug-likeness (QED) is 0.508.